The molecule has 0 bridgehead atoms. The molecule has 8 heteroatoms. The third kappa shape index (κ3) is 3.49. The highest BCUT2D eigenvalue weighted by Crippen LogP contribution is 2.17. The average Bonchev–Trinajstić information content (AvgIpc) is 3.24. The Balaban J connectivity index is 1.35. The highest BCUT2D eigenvalue weighted by atomic mass is 16.3. The molecule has 8 nitrogen and oxygen atoms in total. The molecule has 0 aliphatic carbocycles. The summed E-state index contributed by atoms with van der Waals surface area (Å²) in [6, 6.07) is 11.1. The predicted octanol–water partition coefficient (Wildman–Crippen LogP) is 2.17. The molecule has 0 radical (unpaired) electrons. The molecule has 0 unspecified atom stereocenters. The maximum absolute atomic E-state index is 12.3. The van der Waals surface area contributed by atoms with E-state index in [9.17, 15) is 4.79 Å². The second-order valence-electron chi connectivity index (χ2n) is 5.91. The molecule has 1 fully saturated rings. The summed E-state index contributed by atoms with van der Waals surface area (Å²) in [6.07, 6.45) is 4.71. The Hall–Kier alpha value is -3.42. The summed E-state index contributed by atoms with van der Waals surface area (Å²) in [7, 11) is 0. The first kappa shape index (κ1) is 16.1. The van der Waals surface area contributed by atoms with Crippen molar-refractivity contribution in [3.63, 3.8) is 0 Å². The zero-order chi connectivity index (χ0) is 17.8. The predicted molar refractivity (Wildman–Crippen MR) is 96.4 cm³/mol. The molecule has 4 heterocycles. The maximum atomic E-state index is 12.3. The smallest absolute Gasteiger partial charge is 0.257 e. The van der Waals surface area contributed by atoms with Crippen LogP contribution in [0, 0.1) is 0 Å². The van der Waals surface area contributed by atoms with Gasteiger partial charge in [0.05, 0.1) is 11.8 Å². The highest BCUT2D eigenvalue weighted by molar-refractivity contribution is 5.94. The molecular weight excluding hydrogens is 332 g/mol. The summed E-state index contributed by atoms with van der Waals surface area (Å²) in [5.74, 6) is 2.16. The molecule has 3 aromatic rings. The average molecular weight is 350 g/mol. The number of pyridine rings is 1. The Morgan fingerprint density at radius 3 is 2.54 bits per heavy atom. The number of rotatable bonds is 4. The van der Waals surface area contributed by atoms with Crippen LogP contribution in [0.4, 0.5) is 17.5 Å². The summed E-state index contributed by atoms with van der Waals surface area (Å²) < 4.78 is 4.98. The van der Waals surface area contributed by atoms with Gasteiger partial charge in [-0.1, -0.05) is 6.07 Å². The van der Waals surface area contributed by atoms with Gasteiger partial charge in [-0.3, -0.25) is 4.79 Å². The molecule has 0 saturated carbocycles. The van der Waals surface area contributed by atoms with Crippen molar-refractivity contribution in [1.29, 1.82) is 0 Å². The van der Waals surface area contributed by atoms with Crippen molar-refractivity contribution in [2.24, 2.45) is 0 Å². The van der Waals surface area contributed by atoms with Gasteiger partial charge in [-0.25, -0.2) is 4.98 Å². The zero-order valence-corrected chi connectivity index (χ0v) is 14.1. The van der Waals surface area contributed by atoms with Crippen LogP contribution in [0.15, 0.2) is 59.5 Å². The second-order valence-corrected chi connectivity index (χ2v) is 5.91. The summed E-state index contributed by atoms with van der Waals surface area (Å²) in [6.45, 7) is 2.70. The molecule has 4 rings (SSSR count). The van der Waals surface area contributed by atoms with Crippen molar-refractivity contribution >= 4 is 23.4 Å². The number of aromatic nitrogens is 3. The van der Waals surface area contributed by atoms with Gasteiger partial charge >= 0.3 is 0 Å². The van der Waals surface area contributed by atoms with E-state index in [1.165, 1.54) is 12.5 Å². The standard InChI is InChI=1S/C18H18N6O2/c25-18(14-6-12-26-13-14)24-10-8-23(9-11-24)17-5-4-16(21-22-17)20-15-3-1-2-7-19-15/h1-7,12-13H,8-11H2,(H,19,20,21). The largest absolute Gasteiger partial charge is 0.472 e. The van der Waals surface area contributed by atoms with Gasteiger partial charge in [0.25, 0.3) is 5.91 Å². The first-order valence-corrected chi connectivity index (χ1v) is 8.38. The van der Waals surface area contributed by atoms with E-state index in [2.05, 4.69) is 25.4 Å². The van der Waals surface area contributed by atoms with Crippen LogP contribution >= 0.6 is 0 Å². The summed E-state index contributed by atoms with van der Waals surface area (Å²) in [5, 5.41) is 11.6. The Morgan fingerprint density at radius 1 is 1.00 bits per heavy atom. The number of furan rings is 1. The molecule has 26 heavy (non-hydrogen) atoms. The molecule has 1 saturated heterocycles. The van der Waals surface area contributed by atoms with Gasteiger partial charge in [0.1, 0.15) is 12.1 Å². The van der Waals surface area contributed by atoms with Gasteiger partial charge in [0, 0.05) is 32.4 Å². The number of nitrogens with one attached hydrogen (secondary N) is 1. The quantitative estimate of drug-likeness (QED) is 0.771. The van der Waals surface area contributed by atoms with Crippen LogP contribution < -0.4 is 10.2 Å². The van der Waals surface area contributed by atoms with E-state index in [1.807, 2.05) is 35.2 Å². The number of hydrogen-bond acceptors (Lipinski definition) is 7. The lowest BCUT2D eigenvalue weighted by molar-refractivity contribution is 0.0746. The van der Waals surface area contributed by atoms with E-state index >= 15 is 0 Å². The maximum Gasteiger partial charge on any atom is 0.257 e. The number of carbonyl (C=O) groups excluding carboxylic acids is 1. The van der Waals surface area contributed by atoms with Crippen molar-refractivity contribution in [2.75, 3.05) is 36.4 Å². The molecular formula is C18H18N6O2. The fourth-order valence-electron chi connectivity index (χ4n) is 2.84. The molecule has 0 spiro atoms. The fourth-order valence-corrected chi connectivity index (χ4v) is 2.84. The van der Waals surface area contributed by atoms with Crippen molar-refractivity contribution in [1.82, 2.24) is 20.1 Å². The SMILES string of the molecule is O=C(c1ccoc1)N1CCN(c2ccc(Nc3ccccn3)nn2)CC1. The number of nitrogens with zero attached hydrogens (tertiary/aromatic N) is 5. The Labute approximate surface area is 150 Å². The first-order valence-electron chi connectivity index (χ1n) is 8.38. The molecule has 1 aliphatic rings. The number of piperazine rings is 1. The third-order valence-electron chi connectivity index (χ3n) is 4.23. The Kier molecular flexibility index (Phi) is 4.46. The zero-order valence-electron chi connectivity index (χ0n) is 14.1. The minimum absolute atomic E-state index is 0.000562. The monoisotopic (exact) mass is 350 g/mol. The molecule has 132 valence electrons. The van der Waals surface area contributed by atoms with E-state index in [-0.39, 0.29) is 5.91 Å². The van der Waals surface area contributed by atoms with Crippen molar-refractivity contribution in [2.45, 2.75) is 0 Å². The van der Waals surface area contributed by atoms with Crippen LogP contribution in [-0.4, -0.2) is 52.2 Å². The number of anilines is 3. The minimum Gasteiger partial charge on any atom is -0.472 e. The topological polar surface area (TPSA) is 87.4 Å². The van der Waals surface area contributed by atoms with Crippen molar-refractivity contribution in [3.05, 3.63) is 60.7 Å². The van der Waals surface area contributed by atoms with Gasteiger partial charge in [0.2, 0.25) is 0 Å². The second kappa shape index (κ2) is 7.22. The molecule has 0 aromatic carbocycles. The van der Waals surface area contributed by atoms with Crippen molar-refractivity contribution in [3.8, 4) is 0 Å². The van der Waals surface area contributed by atoms with Crippen LogP contribution in [0.3, 0.4) is 0 Å². The molecule has 1 amide bonds. The summed E-state index contributed by atoms with van der Waals surface area (Å²) in [5.41, 5.74) is 0.586. The first-order chi connectivity index (χ1) is 12.8. The van der Waals surface area contributed by atoms with E-state index < -0.39 is 0 Å². The van der Waals surface area contributed by atoms with Crippen LogP contribution in [0.2, 0.25) is 0 Å². The fraction of sp³-hybridized carbons (Fsp3) is 0.222. The van der Waals surface area contributed by atoms with Crippen LogP contribution in [0.5, 0.6) is 0 Å². The van der Waals surface area contributed by atoms with Crippen LogP contribution in [-0.2, 0) is 0 Å². The van der Waals surface area contributed by atoms with E-state index in [0.29, 0.717) is 37.6 Å². The highest BCUT2D eigenvalue weighted by Gasteiger charge is 2.23. The minimum atomic E-state index is -0.000562. The van der Waals surface area contributed by atoms with E-state index in [1.54, 1.807) is 12.3 Å². The Morgan fingerprint density at radius 2 is 1.88 bits per heavy atom. The summed E-state index contributed by atoms with van der Waals surface area (Å²) >= 11 is 0. The van der Waals surface area contributed by atoms with E-state index in [0.717, 1.165) is 11.6 Å². The van der Waals surface area contributed by atoms with Gasteiger partial charge in [-0.2, -0.15) is 0 Å². The van der Waals surface area contributed by atoms with Crippen molar-refractivity contribution < 1.29 is 9.21 Å². The van der Waals surface area contributed by atoms with E-state index in [4.69, 9.17) is 4.42 Å². The lowest BCUT2D eigenvalue weighted by Crippen LogP contribution is -2.49. The van der Waals surface area contributed by atoms with Gasteiger partial charge in [0.15, 0.2) is 11.6 Å². The molecule has 3 aromatic heterocycles. The van der Waals surface area contributed by atoms with Gasteiger partial charge in [-0.05, 0) is 30.3 Å². The number of amides is 1. The lowest BCUT2D eigenvalue weighted by Gasteiger charge is -2.35. The Bertz CT molecular complexity index is 843. The van der Waals surface area contributed by atoms with Crippen LogP contribution in [0.1, 0.15) is 10.4 Å². The normalized spacial score (nSPS) is 14.3. The van der Waals surface area contributed by atoms with Gasteiger partial charge in [-0.15, -0.1) is 10.2 Å². The number of hydrogen-bond donors (Lipinski definition) is 1. The molecule has 0 atom stereocenters. The third-order valence-corrected chi connectivity index (χ3v) is 4.23. The lowest BCUT2D eigenvalue weighted by atomic mass is 10.2. The summed E-state index contributed by atoms with van der Waals surface area (Å²) in [4.78, 5) is 20.5. The number of carbonyl (C=O) groups is 1. The molecule has 1 aliphatic heterocycles. The van der Waals surface area contributed by atoms with Gasteiger partial charge < -0.3 is 19.5 Å². The molecule has 1 N–H and O–H groups in total. The van der Waals surface area contributed by atoms with Crippen LogP contribution in [0.25, 0.3) is 0 Å².